The molecule has 0 bridgehead atoms. The third-order valence-corrected chi connectivity index (χ3v) is 9.54. The molecule has 10 nitrogen and oxygen atoms in total. The molecule has 0 spiro atoms. The minimum Gasteiger partial charge on any atom is -0.457 e. The summed E-state index contributed by atoms with van der Waals surface area (Å²) in [4.78, 5) is 48.1. The Bertz CT molecular complexity index is 1700. The summed E-state index contributed by atoms with van der Waals surface area (Å²) in [5, 5.41) is 15.8. The van der Waals surface area contributed by atoms with Gasteiger partial charge in [0, 0.05) is 37.0 Å². The van der Waals surface area contributed by atoms with Gasteiger partial charge in [-0.2, -0.15) is 5.26 Å². The summed E-state index contributed by atoms with van der Waals surface area (Å²) in [6.07, 6.45) is 6.91. The number of thioether (sulfide) groups is 1. The molecule has 3 atom stereocenters. The zero-order valence-electron chi connectivity index (χ0n) is 23.8. The highest BCUT2D eigenvalue weighted by Crippen LogP contribution is 2.50. The number of pyridine rings is 1. The Morgan fingerprint density at radius 1 is 1.09 bits per heavy atom. The number of likely N-dealkylation sites (tertiary alicyclic amines) is 1. The lowest BCUT2D eigenvalue weighted by atomic mass is 9.99. The topological polar surface area (TPSA) is 128 Å². The summed E-state index contributed by atoms with van der Waals surface area (Å²) in [6, 6.07) is 19.4. The number of amides is 4. The molecular formula is C33H30N6O4S. The van der Waals surface area contributed by atoms with E-state index in [2.05, 4.69) is 21.7 Å². The van der Waals surface area contributed by atoms with Crippen LogP contribution in [0.25, 0.3) is 0 Å². The number of hydrogen-bond donors (Lipinski definition) is 2. The monoisotopic (exact) mass is 606 g/mol. The molecule has 2 fully saturated rings. The van der Waals surface area contributed by atoms with Gasteiger partial charge < -0.3 is 20.3 Å². The number of ether oxygens (including phenoxy) is 1. The highest BCUT2D eigenvalue weighted by molar-refractivity contribution is 8.01. The summed E-state index contributed by atoms with van der Waals surface area (Å²) < 4.78 is 6.00. The Balaban J connectivity index is 1.07. The van der Waals surface area contributed by atoms with E-state index in [9.17, 15) is 19.6 Å². The number of urea groups is 1. The van der Waals surface area contributed by atoms with Crippen LogP contribution in [0.15, 0.2) is 83.5 Å². The van der Waals surface area contributed by atoms with Crippen molar-refractivity contribution >= 4 is 41.0 Å². The molecule has 11 heteroatoms. The lowest BCUT2D eigenvalue weighted by Crippen LogP contribution is -2.53. The molecule has 2 aromatic carbocycles. The predicted octanol–water partition coefficient (Wildman–Crippen LogP) is 5.22. The zero-order valence-corrected chi connectivity index (χ0v) is 24.6. The molecule has 3 aromatic rings. The molecule has 222 valence electrons. The van der Waals surface area contributed by atoms with E-state index in [1.807, 2.05) is 48.5 Å². The lowest BCUT2D eigenvalue weighted by Gasteiger charge is -2.36. The number of piperidine rings is 1. The van der Waals surface area contributed by atoms with Crippen LogP contribution in [-0.4, -0.2) is 52.1 Å². The van der Waals surface area contributed by atoms with Gasteiger partial charge in [-0.05, 0) is 61.9 Å². The first-order valence-corrected chi connectivity index (χ1v) is 15.7. The first-order chi connectivity index (χ1) is 21.5. The number of anilines is 2. The van der Waals surface area contributed by atoms with Crippen molar-refractivity contribution in [1.29, 1.82) is 5.26 Å². The third kappa shape index (κ3) is 5.49. The van der Waals surface area contributed by atoms with E-state index < -0.39 is 11.3 Å². The van der Waals surface area contributed by atoms with Crippen LogP contribution in [0.1, 0.15) is 37.3 Å². The number of nitrogens with one attached hydrogen (secondary N) is 2. The first-order valence-electron chi connectivity index (χ1n) is 14.8. The second-order valence-corrected chi connectivity index (χ2v) is 12.5. The van der Waals surface area contributed by atoms with Crippen LogP contribution >= 0.6 is 11.8 Å². The third-order valence-electron chi connectivity index (χ3n) is 8.25. The average Bonchev–Trinajstić information content (AvgIpc) is 3.79. The van der Waals surface area contributed by atoms with Crippen molar-refractivity contribution < 1.29 is 19.1 Å². The molecule has 3 aliphatic heterocycles. The van der Waals surface area contributed by atoms with Crippen molar-refractivity contribution in [1.82, 2.24) is 20.5 Å². The maximum absolute atomic E-state index is 13.7. The molecule has 44 heavy (non-hydrogen) atoms. The van der Waals surface area contributed by atoms with Gasteiger partial charge in [0.25, 0.3) is 5.91 Å². The standard InChI is InChI=1S/C33H30N6O4S/c34-18-21(16-20-11-12-20)32(41)38-15-5-6-22(19-38)36-30(40)29-28-27-26(13-14-35-31(27)44-29)39(33(42)37-28)23-7-4-10-25(17-23)43-24-8-2-1-3-9-24/h1-4,7-10,13-14,16-17,20,22,28-29H,5-6,11-12,15,19H2,(H,36,40)(H,37,42)/b21-16+. The molecule has 3 unspecified atom stereocenters. The Labute approximate surface area is 259 Å². The second-order valence-electron chi connectivity index (χ2n) is 11.4. The van der Waals surface area contributed by atoms with Gasteiger partial charge in [0.2, 0.25) is 5.91 Å². The summed E-state index contributed by atoms with van der Waals surface area (Å²) >= 11 is 1.33. The van der Waals surface area contributed by atoms with Crippen LogP contribution in [0.5, 0.6) is 11.5 Å². The van der Waals surface area contributed by atoms with Crippen LogP contribution in [-0.2, 0) is 9.59 Å². The van der Waals surface area contributed by atoms with Gasteiger partial charge in [-0.3, -0.25) is 14.5 Å². The lowest BCUT2D eigenvalue weighted by molar-refractivity contribution is -0.129. The van der Waals surface area contributed by atoms with Crippen molar-refractivity contribution in [2.75, 3.05) is 18.0 Å². The van der Waals surface area contributed by atoms with Crippen LogP contribution < -0.4 is 20.3 Å². The maximum atomic E-state index is 13.7. The number of aromatic nitrogens is 1. The summed E-state index contributed by atoms with van der Waals surface area (Å²) in [5.41, 5.74) is 2.28. The van der Waals surface area contributed by atoms with Crippen LogP contribution in [0.3, 0.4) is 0 Å². The Kier molecular flexibility index (Phi) is 7.44. The van der Waals surface area contributed by atoms with Gasteiger partial charge in [0.15, 0.2) is 0 Å². The van der Waals surface area contributed by atoms with E-state index in [-0.39, 0.29) is 29.5 Å². The predicted molar refractivity (Wildman–Crippen MR) is 164 cm³/mol. The van der Waals surface area contributed by atoms with Crippen LogP contribution in [0.4, 0.5) is 16.2 Å². The molecule has 4 aliphatic rings. The fraction of sp³-hybridized carbons (Fsp3) is 0.303. The number of carbonyl (C=O) groups excluding carboxylic acids is 3. The molecule has 7 rings (SSSR count). The molecular weight excluding hydrogens is 576 g/mol. The van der Waals surface area contributed by atoms with E-state index in [0.29, 0.717) is 46.9 Å². The molecule has 1 saturated carbocycles. The Hall–Kier alpha value is -4.82. The van der Waals surface area contributed by atoms with Crippen molar-refractivity contribution in [3.8, 4) is 17.6 Å². The molecule has 1 aliphatic carbocycles. The minimum atomic E-state index is -0.618. The zero-order chi connectivity index (χ0) is 30.2. The van der Waals surface area contributed by atoms with Gasteiger partial charge in [-0.1, -0.05) is 42.1 Å². The van der Waals surface area contributed by atoms with Crippen molar-refractivity contribution in [2.24, 2.45) is 5.92 Å². The van der Waals surface area contributed by atoms with E-state index in [4.69, 9.17) is 4.74 Å². The van der Waals surface area contributed by atoms with Gasteiger partial charge in [-0.25, -0.2) is 9.78 Å². The fourth-order valence-electron chi connectivity index (χ4n) is 5.98. The van der Waals surface area contributed by atoms with Crippen molar-refractivity contribution in [2.45, 2.75) is 48.0 Å². The number of benzene rings is 2. The first kappa shape index (κ1) is 28.0. The van der Waals surface area contributed by atoms with E-state index in [1.165, 1.54) is 11.8 Å². The molecule has 0 radical (unpaired) electrons. The molecule has 4 amide bonds. The normalized spacial score (nSPS) is 22.5. The summed E-state index contributed by atoms with van der Waals surface area (Å²) in [7, 11) is 0. The van der Waals surface area contributed by atoms with Gasteiger partial charge in [-0.15, -0.1) is 0 Å². The highest BCUT2D eigenvalue weighted by atomic mass is 32.2. The molecule has 2 N–H and O–H groups in total. The van der Waals surface area contributed by atoms with E-state index in [0.717, 1.165) is 31.2 Å². The molecule has 4 heterocycles. The summed E-state index contributed by atoms with van der Waals surface area (Å²) in [5.74, 6) is 1.11. The van der Waals surface area contributed by atoms with Crippen LogP contribution in [0, 0.1) is 17.2 Å². The van der Waals surface area contributed by atoms with Gasteiger partial charge in [0.1, 0.15) is 33.4 Å². The number of rotatable bonds is 7. The maximum Gasteiger partial charge on any atom is 0.327 e. The van der Waals surface area contributed by atoms with E-state index >= 15 is 0 Å². The van der Waals surface area contributed by atoms with Gasteiger partial charge in [0.05, 0.1) is 17.4 Å². The second kappa shape index (κ2) is 11.7. The number of carbonyl (C=O) groups is 3. The highest BCUT2D eigenvalue weighted by Gasteiger charge is 2.47. The number of allylic oxidation sites excluding steroid dienone is 1. The largest absolute Gasteiger partial charge is 0.457 e. The molecule has 1 aromatic heterocycles. The quantitative estimate of drug-likeness (QED) is 0.279. The Morgan fingerprint density at radius 2 is 1.91 bits per heavy atom. The van der Waals surface area contributed by atoms with Crippen LogP contribution in [0.2, 0.25) is 0 Å². The average molecular weight is 607 g/mol. The minimum absolute atomic E-state index is 0.187. The van der Waals surface area contributed by atoms with Crippen molar-refractivity contribution in [3.05, 3.63) is 84.1 Å². The SMILES string of the molecule is N#C/C(=C\C1CC1)C(=O)N1CCCC(NC(=O)C2Sc3nccc4c3C2NC(=O)N4c2cccc(Oc3ccccc3)c2)C1. The number of para-hydroxylation sites is 1. The summed E-state index contributed by atoms with van der Waals surface area (Å²) in [6.45, 7) is 0.895. The number of nitriles is 1. The smallest absolute Gasteiger partial charge is 0.327 e. The Morgan fingerprint density at radius 3 is 2.70 bits per heavy atom. The van der Waals surface area contributed by atoms with Gasteiger partial charge >= 0.3 is 6.03 Å². The van der Waals surface area contributed by atoms with Crippen molar-refractivity contribution in [3.63, 3.8) is 0 Å². The number of hydrogen-bond acceptors (Lipinski definition) is 7. The van der Waals surface area contributed by atoms with E-state index in [1.54, 1.807) is 34.2 Å². The number of nitrogens with zero attached hydrogens (tertiary/aromatic N) is 4. The fourth-order valence-corrected chi connectivity index (χ4v) is 7.22. The molecule has 1 saturated heterocycles.